The first-order valence-electron chi connectivity index (χ1n) is 11.8. The molecule has 0 aliphatic heterocycles. The molecule has 0 radical (unpaired) electrons. The van der Waals surface area contributed by atoms with Gasteiger partial charge in [0.2, 0.25) is 0 Å². The number of ether oxygens (including phenoxy) is 1. The molecule has 0 atom stereocenters. The predicted octanol–water partition coefficient (Wildman–Crippen LogP) is 5.65. The van der Waals surface area contributed by atoms with E-state index in [1.165, 1.54) is 25.3 Å². The minimum absolute atomic E-state index is 0.0279. The number of para-hydroxylation sites is 1. The Morgan fingerprint density at radius 2 is 1.70 bits per heavy atom. The molecule has 33 heavy (non-hydrogen) atoms. The van der Waals surface area contributed by atoms with Crippen LogP contribution in [-0.2, 0) is 9.53 Å². The van der Waals surface area contributed by atoms with Crippen molar-refractivity contribution in [3.8, 4) is 11.8 Å². The first-order valence-corrected chi connectivity index (χ1v) is 11.8. The van der Waals surface area contributed by atoms with Gasteiger partial charge in [-0.05, 0) is 45.4 Å². The molecule has 1 aromatic heterocycles. The lowest BCUT2D eigenvalue weighted by molar-refractivity contribution is -0.117. The number of nitrogens with zero attached hydrogens (tertiary/aromatic N) is 2. The van der Waals surface area contributed by atoms with Gasteiger partial charge >= 0.3 is 5.97 Å². The molecule has 0 fully saturated rings. The van der Waals surface area contributed by atoms with E-state index in [4.69, 9.17) is 4.74 Å². The van der Waals surface area contributed by atoms with Gasteiger partial charge in [-0.2, -0.15) is 5.26 Å². The molecule has 0 bridgehead atoms. The van der Waals surface area contributed by atoms with E-state index in [1.807, 2.05) is 54.8 Å². The molecule has 0 aliphatic rings. The fourth-order valence-electron chi connectivity index (χ4n) is 3.96. The van der Waals surface area contributed by atoms with E-state index in [0.717, 1.165) is 30.6 Å². The van der Waals surface area contributed by atoms with Crippen molar-refractivity contribution in [1.82, 2.24) is 9.88 Å². The van der Waals surface area contributed by atoms with Gasteiger partial charge in [-0.1, -0.05) is 57.2 Å². The topological polar surface area (TPSA) is 84.1 Å². The maximum absolute atomic E-state index is 12.8. The highest BCUT2D eigenvalue weighted by Gasteiger charge is 2.25. The van der Waals surface area contributed by atoms with Crippen LogP contribution in [0.5, 0.6) is 0 Å². The van der Waals surface area contributed by atoms with Crippen LogP contribution in [0.25, 0.3) is 11.8 Å². The van der Waals surface area contributed by atoms with E-state index in [0.29, 0.717) is 23.4 Å². The quantitative estimate of drug-likeness (QED) is 0.196. The fraction of sp³-hybridized carbons (Fsp3) is 0.444. The van der Waals surface area contributed by atoms with Gasteiger partial charge in [0.1, 0.15) is 11.6 Å². The van der Waals surface area contributed by atoms with Crippen LogP contribution >= 0.6 is 0 Å². The average molecular weight is 450 g/mol. The highest BCUT2D eigenvalue weighted by atomic mass is 16.5. The van der Waals surface area contributed by atoms with Gasteiger partial charge in [0.25, 0.3) is 5.91 Å². The van der Waals surface area contributed by atoms with Crippen molar-refractivity contribution >= 4 is 18.0 Å². The molecule has 2 rings (SSSR count). The Bertz CT molecular complexity index is 1010. The third kappa shape index (κ3) is 6.82. The summed E-state index contributed by atoms with van der Waals surface area (Å²) in [6.45, 7) is 8.41. The largest absolute Gasteiger partial charge is 0.462 e. The Kier molecular flexibility index (Phi) is 10.4. The van der Waals surface area contributed by atoms with Gasteiger partial charge in [0.15, 0.2) is 0 Å². The van der Waals surface area contributed by atoms with E-state index in [-0.39, 0.29) is 12.2 Å². The Balaban J connectivity index is 2.31. The van der Waals surface area contributed by atoms with Crippen molar-refractivity contribution in [1.29, 1.82) is 5.26 Å². The van der Waals surface area contributed by atoms with Crippen molar-refractivity contribution in [3.63, 3.8) is 0 Å². The third-order valence-corrected chi connectivity index (χ3v) is 5.66. The highest BCUT2D eigenvalue weighted by Crippen LogP contribution is 2.29. The summed E-state index contributed by atoms with van der Waals surface area (Å²) in [5.41, 5.74) is 3.23. The maximum Gasteiger partial charge on any atom is 0.340 e. The number of rotatable bonds is 12. The molecule has 1 heterocycles. The van der Waals surface area contributed by atoms with Crippen molar-refractivity contribution < 1.29 is 14.3 Å². The number of unbranched alkanes of at least 4 members (excludes halogenated alkanes) is 5. The van der Waals surface area contributed by atoms with Gasteiger partial charge in [-0.3, -0.25) is 4.79 Å². The number of benzene rings is 1. The lowest BCUT2D eigenvalue weighted by Crippen LogP contribution is -2.25. The zero-order chi connectivity index (χ0) is 24.2. The first-order chi connectivity index (χ1) is 16.0. The summed E-state index contributed by atoms with van der Waals surface area (Å²) in [5, 5.41) is 12.5. The van der Waals surface area contributed by atoms with Gasteiger partial charge < -0.3 is 14.6 Å². The van der Waals surface area contributed by atoms with E-state index in [1.54, 1.807) is 6.92 Å². The van der Waals surface area contributed by atoms with Gasteiger partial charge in [0.05, 0.1) is 12.2 Å². The smallest absolute Gasteiger partial charge is 0.340 e. The standard InChI is InChI=1S/C27H35N3O3/c1-5-7-8-9-10-14-17-29-26(31)22(19-28)18-24-20(3)30(23-15-12-11-13-16-23)21(4)25(24)27(32)33-6-2/h11-13,15-16,18H,5-10,14,17H2,1-4H3,(H,29,31). The molecule has 1 N–H and O–H groups in total. The van der Waals surface area contributed by atoms with Crippen molar-refractivity contribution in [3.05, 3.63) is 58.4 Å². The molecule has 6 heteroatoms. The highest BCUT2D eigenvalue weighted by molar-refractivity contribution is 6.04. The Morgan fingerprint density at radius 1 is 1.03 bits per heavy atom. The SMILES string of the molecule is CCCCCCCCNC(=O)C(C#N)=Cc1c(C(=O)OCC)c(C)n(-c2ccccc2)c1C. The summed E-state index contributed by atoms with van der Waals surface area (Å²) in [6.07, 6.45) is 8.23. The molecule has 0 spiro atoms. The van der Waals surface area contributed by atoms with Crippen LogP contribution < -0.4 is 5.32 Å². The molecule has 1 amide bonds. The lowest BCUT2D eigenvalue weighted by atomic mass is 10.1. The number of carbonyl (C=O) groups excluding carboxylic acids is 2. The molecule has 0 aliphatic carbocycles. The summed E-state index contributed by atoms with van der Waals surface area (Å²) in [5.74, 6) is -0.894. The molecule has 0 unspecified atom stereocenters. The summed E-state index contributed by atoms with van der Waals surface area (Å²) in [7, 11) is 0. The molecule has 0 saturated heterocycles. The second-order valence-electron chi connectivity index (χ2n) is 8.04. The lowest BCUT2D eigenvalue weighted by Gasteiger charge is -2.09. The van der Waals surface area contributed by atoms with Gasteiger partial charge in [0, 0.05) is 29.2 Å². The molecule has 1 aromatic carbocycles. The van der Waals surface area contributed by atoms with E-state index in [9.17, 15) is 14.9 Å². The first kappa shape index (κ1) is 25.9. The van der Waals surface area contributed by atoms with Crippen LogP contribution in [0.4, 0.5) is 0 Å². The molecule has 6 nitrogen and oxygen atoms in total. The van der Waals surface area contributed by atoms with Gasteiger partial charge in [-0.15, -0.1) is 0 Å². The number of esters is 1. The molecular weight excluding hydrogens is 414 g/mol. The molecular formula is C27H35N3O3. The Morgan fingerprint density at radius 3 is 2.33 bits per heavy atom. The van der Waals surface area contributed by atoms with Crippen LogP contribution in [-0.4, -0.2) is 29.6 Å². The summed E-state index contributed by atoms with van der Waals surface area (Å²) in [4.78, 5) is 25.5. The average Bonchev–Trinajstić information content (AvgIpc) is 3.06. The van der Waals surface area contributed by atoms with Gasteiger partial charge in [-0.25, -0.2) is 4.79 Å². The molecule has 0 saturated carbocycles. The van der Waals surface area contributed by atoms with Crippen LogP contribution in [0.1, 0.15) is 79.7 Å². The van der Waals surface area contributed by atoms with Crippen LogP contribution in [0.3, 0.4) is 0 Å². The zero-order valence-corrected chi connectivity index (χ0v) is 20.2. The minimum Gasteiger partial charge on any atom is -0.462 e. The number of aromatic nitrogens is 1. The van der Waals surface area contributed by atoms with E-state index in [2.05, 4.69) is 12.2 Å². The number of amides is 1. The normalized spacial score (nSPS) is 11.2. The molecule has 176 valence electrons. The summed E-state index contributed by atoms with van der Waals surface area (Å²) in [6, 6.07) is 11.7. The Hall–Kier alpha value is -3.33. The number of carbonyl (C=O) groups is 2. The number of hydrogen-bond donors (Lipinski definition) is 1. The summed E-state index contributed by atoms with van der Waals surface area (Å²) < 4.78 is 7.23. The molecule has 2 aromatic rings. The third-order valence-electron chi connectivity index (χ3n) is 5.66. The number of hydrogen-bond acceptors (Lipinski definition) is 4. The van der Waals surface area contributed by atoms with E-state index >= 15 is 0 Å². The monoisotopic (exact) mass is 449 g/mol. The maximum atomic E-state index is 12.8. The number of nitrogens with one attached hydrogen (secondary N) is 1. The summed E-state index contributed by atoms with van der Waals surface area (Å²) >= 11 is 0. The Labute approximate surface area is 197 Å². The fourth-order valence-corrected chi connectivity index (χ4v) is 3.96. The van der Waals surface area contributed by atoms with E-state index < -0.39 is 11.9 Å². The minimum atomic E-state index is -0.469. The van der Waals surface area contributed by atoms with Crippen molar-refractivity contribution in [2.24, 2.45) is 0 Å². The second-order valence-corrected chi connectivity index (χ2v) is 8.04. The number of nitriles is 1. The van der Waals surface area contributed by atoms with Crippen LogP contribution in [0.15, 0.2) is 35.9 Å². The second kappa shape index (κ2) is 13.3. The van der Waals surface area contributed by atoms with Crippen LogP contribution in [0, 0.1) is 25.2 Å². The zero-order valence-electron chi connectivity index (χ0n) is 20.2. The van der Waals surface area contributed by atoms with Crippen molar-refractivity contribution in [2.75, 3.05) is 13.2 Å². The van der Waals surface area contributed by atoms with Crippen molar-refractivity contribution in [2.45, 2.75) is 66.2 Å². The van der Waals surface area contributed by atoms with Crippen LogP contribution in [0.2, 0.25) is 0 Å². The predicted molar refractivity (Wildman–Crippen MR) is 131 cm³/mol.